The van der Waals surface area contributed by atoms with Crippen LogP contribution in [0.1, 0.15) is 24.0 Å². The number of likely N-dealkylation sites (tertiary alicyclic amines) is 1. The highest BCUT2D eigenvalue weighted by molar-refractivity contribution is 5.72. The van der Waals surface area contributed by atoms with Crippen molar-refractivity contribution >= 4 is 5.97 Å². The molecule has 0 aromatic heterocycles. The SMILES string of the molecule is COC(=O)Cc1ccccc1CN1CCC(CCO)C1. The molecule has 20 heavy (non-hydrogen) atoms. The molecular formula is C16H23NO3. The number of benzene rings is 1. The Balaban J connectivity index is 1.97. The number of ether oxygens (including phenoxy) is 1. The molecule has 1 aliphatic rings. The summed E-state index contributed by atoms with van der Waals surface area (Å²) >= 11 is 0. The lowest BCUT2D eigenvalue weighted by molar-refractivity contribution is -0.139. The van der Waals surface area contributed by atoms with Gasteiger partial charge in [-0.3, -0.25) is 9.69 Å². The maximum Gasteiger partial charge on any atom is 0.309 e. The highest BCUT2D eigenvalue weighted by Gasteiger charge is 2.22. The lowest BCUT2D eigenvalue weighted by Crippen LogP contribution is -2.21. The zero-order valence-corrected chi connectivity index (χ0v) is 12.0. The molecule has 1 fully saturated rings. The van der Waals surface area contributed by atoms with Gasteiger partial charge in [0.25, 0.3) is 0 Å². The normalized spacial score (nSPS) is 19.2. The van der Waals surface area contributed by atoms with Gasteiger partial charge in [0.05, 0.1) is 13.5 Å². The first-order chi connectivity index (χ1) is 9.72. The van der Waals surface area contributed by atoms with E-state index in [9.17, 15) is 4.79 Å². The van der Waals surface area contributed by atoms with E-state index in [0.717, 1.165) is 38.0 Å². The van der Waals surface area contributed by atoms with Crippen molar-refractivity contribution in [2.45, 2.75) is 25.8 Å². The van der Waals surface area contributed by atoms with E-state index in [1.54, 1.807) is 0 Å². The molecule has 1 aromatic rings. The zero-order chi connectivity index (χ0) is 14.4. The third kappa shape index (κ3) is 4.05. The number of nitrogens with zero attached hydrogens (tertiary/aromatic N) is 1. The molecule has 0 saturated carbocycles. The van der Waals surface area contributed by atoms with Crippen molar-refractivity contribution < 1.29 is 14.6 Å². The second-order valence-electron chi connectivity index (χ2n) is 5.42. The molecule has 1 aromatic carbocycles. The van der Waals surface area contributed by atoms with Crippen molar-refractivity contribution in [3.05, 3.63) is 35.4 Å². The number of carbonyl (C=O) groups excluding carboxylic acids is 1. The molecule has 0 radical (unpaired) electrons. The van der Waals surface area contributed by atoms with Crippen LogP contribution in [0.5, 0.6) is 0 Å². The van der Waals surface area contributed by atoms with Gasteiger partial charge in [-0.1, -0.05) is 24.3 Å². The number of hydrogen-bond donors (Lipinski definition) is 1. The van der Waals surface area contributed by atoms with E-state index in [-0.39, 0.29) is 12.6 Å². The molecule has 0 aliphatic carbocycles. The second-order valence-corrected chi connectivity index (χ2v) is 5.42. The summed E-state index contributed by atoms with van der Waals surface area (Å²) in [6, 6.07) is 8.04. The molecular weight excluding hydrogens is 254 g/mol. The summed E-state index contributed by atoms with van der Waals surface area (Å²) in [6.45, 7) is 3.25. The van der Waals surface area contributed by atoms with E-state index in [2.05, 4.69) is 11.0 Å². The van der Waals surface area contributed by atoms with Crippen molar-refractivity contribution in [2.75, 3.05) is 26.8 Å². The minimum atomic E-state index is -0.197. The first-order valence-electron chi connectivity index (χ1n) is 7.19. The van der Waals surface area contributed by atoms with E-state index < -0.39 is 0 Å². The van der Waals surface area contributed by atoms with Crippen LogP contribution < -0.4 is 0 Å². The van der Waals surface area contributed by atoms with E-state index in [0.29, 0.717) is 12.3 Å². The standard InChI is InChI=1S/C16H23NO3/c1-20-16(19)10-14-4-2-3-5-15(14)12-17-8-6-13(11-17)7-9-18/h2-5,13,18H,6-12H2,1H3. The van der Waals surface area contributed by atoms with Gasteiger partial charge < -0.3 is 9.84 Å². The van der Waals surface area contributed by atoms with Crippen molar-refractivity contribution in [2.24, 2.45) is 5.92 Å². The number of hydrogen-bond acceptors (Lipinski definition) is 4. The lowest BCUT2D eigenvalue weighted by atomic mass is 10.0. The molecule has 4 nitrogen and oxygen atoms in total. The quantitative estimate of drug-likeness (QED) is 0.803. The minimum absolute atomic E-state index is 0.197. The molecule has 0 bridgehead atoms. The highest BCUT2D eigenvalue weighted by atomic mass is 16.5. The van der Waals surface area contributed by atoms with Gasteiger partial charge in [0.15, 0.2) is 0 Å². The van der Waals surface area contributed by atoms with Gasteiger partial charge in [-0.25, -0.2) is 0 Å². The third-order valence-electron chi connectivity index (χ3n) is 3.98. The van der Waals surface area contributed by atoms with Gasteiger partial charge in [0.2, 0.25) is 0 Å². The molecule has 4 heteroatoms. The topological polar surface area (TPSA) is 49.8 Å². The fourth-order valence-electron chi connectivity index (χ4n) is 2.83. The summed E-state index contributed by atoms with van der Waals surface area (Å²) in [6.07, 6.45) is 2.38. The van der Waals surface area contributed by atoms with Crippen LogP contribution in [0.3, 0.4) is 0 Å². The number of esters is 1. The van der Waals surface area contributed by atoms with Gasteiger partial charge in [-0.2, -0.15) is 0 Å². The number of carbonyl (C=O) groups is 1. The third-order valence-corrected chi connectivity index (χ3v) is 3.98. The van der Waals surface area contributed by atoms with Crippen LogP contribution in [-0.4, -0.2) is 42.8 Å². The Morgan fingerprint density at radius 1 is 1.40 bits per heavy atom. The van der Waals surface area contributed by atoms with Crippen LogP contribution in [0.15, 0.2) is 24.3 Å². The van der Waals surface area contributed by atoms with E-state index in [1.165, 1.54) is 12.7 Å². The summed E-state index contributed by atoms with van der Waals surface area (Å²) < 4.78 is 4.75. The molecule has 0 amide bonds. The van der Waals surface area contributed by atoms with Gasteiger partial charge in [-0.15, -0.1) is 0 Å². The Kier molecular flexibility index (Phi) is 5.56. The highest BCUT2D eigenvalue weighted by Crippen LogP contribution is 2.22. The molecule has 1 N–H and O–H groups in total. The first-order valence-corrected chi connectivity index (χ1v) is 7.19. The van der Waals surface area contributed by atoms with Crippen molar-refractivity contribution in [1.29, 1.82) is 0 Å². The van der Waals surface area contributed by atoms with Gasteiger partial charge in [0.1, 0.15) is 0 Å². The van der Waals surface area contributed by atoms with E-state index in [1.807, 2.05) is 18.2 Å². The van der Waals surface area contributed by atoms with Crippen LogP contribution in [-0.2, 0) is 22.5 Å². The lowest BCUT2D eigenvalue weighted by Gasteiger charge is -2.18. The maximum absolute atomic E-state index is 11.4. The Bertz CT molecular complexity index is 447. The molecule has 2 rings (SSSR count). The number of aliphatic hydroxyl groups excluding tert-OH is 1. The Hall–Kier alpha value is -1.39. The van der Waals surface area contributed by atoms with Gasteiger partial charge >= 0.3 is 5.97 Å². The monoisotopic (exact) mass is 277 g/mol. The second kappa shape index (κ2) is 7.41. The molecule has 1 heterocycles. The van der Waals surface area contributed by atoms with Crippen LogP contribution in [0.4, 0.5) is 0 Å². The molecule has 1 saturated heterocycles. The van der Waals surface area contributed by atoms with E-state index >= 15 is 0 Å². The Morgan fingerprint density at radius 3 is 2.85 bits per heavy atom. The van der Waals surface area contributed by atoms with Gasteiger partial charge in [0, 0.05) is 19.7 Å². The molecule has 110 valence electrons. The Morgan fingerprint density at radius 2 is 2.15 bits per heavy atom. The molecule has 0 spiro atoms. The molecule has 1 aliphatic heterocycles. The summed E-state index contributed by atoms with van der Waals surface area (Å²) in [5, 5.41) is 9.00. The fourth-order valence-corrected chi connectivity index (χ4v) is 2.83. The summed E-state index contributed by atoms with van der Waals surface area (Å²) in [5.74, 6) is 0.407. The first kappa shape index (κ1) is 15.0. The molecule has 1 atom stereocenters. The van der Waals surface area contributed by atoms with Crippen LogP contribution in [0.25, 0.3) is 0 Å². The summed E-state index contributed by atoms with van der Waals surface area (Å²) in [5.41, 5.74) is 2.24. The number of methoxy groups -OCH3 is 1. The van der Waals surface area contributed by atoms with Crippen LogP contribution in [0, 0.1) is 5.92 Å². The van der Waals surface area contributed by atoms with Crippen molar-refractivity contribution in [3.8, 4) is 0 Å². The predicted molar refractivity (Wildman–Crippen MR) is 77.2 cm³/mol. The van der Waals surface area contributed by atoms with Crippen molar-refractivity contribution in [3.63, 3.8) is 0 Å². The summed E-state index contributed by atoms with van der Waals surface area (Å²) in [4.78, 5) is 13.8. The summed E-state index contributed by atoms with van der Waals surface area (Å²) in [7, 11) is 1.42. The smallest absolute Gasteiger partial charge is 0.309 e. The fraction of sp³-hybridized carbons (Fsp3) is 0.562. The van der Waals surface area contributed by atoms with Crippen LogP contribution in [0.2, 0.25) is 0 Å². The average Bonchev–Trinajstić information content (AvgIpc) is 2.88. The number of rotatable bonds is 6. The van der Waals surface area contributed by atoms with Gasteiger partial charge in [-0.05, 0) is 36.4 Å². The van der Waals surface area contributed by atoms with Crippen LogP contribution >= 0.6 is 0 Å². The Labute approximate surface area is 120 Å². The molecule has 1 unspecified atom stereocenters. The van der Waals surface area contributed by atoms with Crippen molar-refractivity contribution in [1.82, 2.24) is 4.90 Å². The zero-order valence-electron chi connectivity index (χ0n) is 12.0. The predicted octanol–water partition coefficient (Wildman–Crippen LogP) is 1.61. The maximum atomic E-state index is 11.4. The number of aliphatic hydroxyl groups is 1. The minimum Gasteiger partial charge on any atom is -0.469 e. The average molecular weight is 277 g/mol. The largest absolute Gasteiger partial charge is 0.469 e. The van der Waals surface area contributed by atoms with E-state index in [4.69, 9.17) is 9.84 Å².